The fraction of sp³-hybridized carbons (Fsp3) is 0.540. The summed E-state index contributed by atoms with van der Waals surface area (Å²) < 4.78 is 61.3. The van der Waals surface area contributed by atoms with Crippen LogP contribution in [0.3, 0.4) is 0 Å². The van der Waals surface area contributed by atoms with E-state index in [2.05, 4.69) is 19.5 Å². The second kappa shape index (κ2) is 31.6. The van der Waals surface area contributed by atoms with Crippen molar-refractivity contribution >= 4 is 41.4 Å². The molecular weight excluding hydrogens is 1080 g/mol. The molecule has 6 N–H and O–H groups in total. The van der Waals surface area contributed by atoms with Crippen molar-refractivity contribution in [2.45, 2.75) is 102 Å². The van der Waals surface area contributed by atoms with Crippen molar-refractivity contribution in [2.75, 3.05) is 72.6 Å². The third-order valence-electron chi connectivity index (χ3n) is 12.8. The fourth-order valence-electron chi connectivity index (χ4n) is 8.80. The van der Waals surface area contributed by atoms with E-state index >= 15 is 4.79 Å². The van der Waals surface area contributed by atoms with Gasteiger partial charge in [0, 0.05) is 43.0 Å². The first-order chi connectivity index (χ1) is 38.0. The number of carbonyl (C=O) groups excluding carboxylic acids is 4. The molecule has 1 aliphatic carbocycles. The van der Waals surface area contributed by atoms with Gasteiger partial charge in [0.05, 0.1) is 74.5 Å². The maximum absolute atomic E-state index is 15.7. The normalized spacial score (nSPS) is 16.2. The van der Waals surface area contributed by atoms with Gasteiger partial charge in [0.15, 0.2) is 11.6 Å². The largest absolute Gasteiger partial charge is 0.508 e. The number of amides is 3. The zero-order chi connectivity index (χ0) is 56.8. The average molecular weight is 1140 g/mol. The first kappa shape index (κ1) is 62.1. The summed E-state index contributed by atoms with van der Waals surface area (Å²) in [6.45, 7) is 1.15. The molecule has 6 rings (SSSR count). The molecule has 2 aromatic carbocycles. The number of piperazine rings is 1. The lowest BCUT2D eigenvalue weighted by Gasteiger charge is -2.50. The number of pyridine rings is 1. The molecule has 2 fully saturated rings. The predicted octanol–water partition coefficient (Wildman–Crippen LogP) is 7.22. The van der Waals surface area contributed by atoms with Crippen LogP contribution >= 0.6 is 11.6 Å². The number of benzene rings is 2. The zero-order valence-electron chi connectivity index (χ0n) is 43.4. The first-order valence-corrected chi connectivity index (χ1v) is 26.0. The van der Waals surface area contributed by atoms with Crippen molar-refractivity contribution in [1.82, 2.24) is 35.9 Å². The Kier molecular flexibility index (Phi) is 24.8. The smallest absolute Gasteiger partial charge is 0.489 e. The van der Waals surface area contributed by atoms with Crippen molar-refractivity contribution in [3.8, 4) is 11.6 Å². The van der Waals surface area contributed by atoms with Gasteiger partial charge in [0.25, 0.3) is 5.91 Å². The molecule has 3 heterocycles. The molecule has 1 saturated carbocycles. The van der Waals surface area contributed by atoms with Crippen LogP contribution in [0.25, 0.3) is 5.57 Å². The van der Waals surface area contributed by atoms with Crippen LogP contribution in [-0.2, 0) is 51.2 Å². The molecule has 3 amide bonds. The number of unbranched alkanes of at least 4 members (excludes halogenated alkanes) is 3. The van der Waals surface area contributed by atoms with E-state index in [9.17, 15) is 23.2 Å². The summed E-state index contributed by atoms with van der Waals surface area (Å²) in [4.78, 5) is 78.7. The van der Waals surface area contributed by atoms with Gasteiger partial charge in [-0.3, -0.25) is 55.5 Å². The fourth-order valence-corrected chi connectivity index (χ4v) is 9.01. The number of hydrogen-bond acceptors (Lipinski definition) is 23. The minimum atomic E-state index is -1.06. The standard InChI is InChI=1S/C50H66ClF2N7O19/c1-33-36(18-19-54-46(33)72-27-28-76-50(64)75-22-4-7-26-79-60(69)70)30-56(37-14-15-37)47(61)43-39(35-12-10-34(11-13-35)9-8-23-71-45-41(53)17-16-40(52)44(45)51)29-38-31-55(48(62)73-20-2-5-24-77-58(65)66)32-42(43)57(38)49(63)74-21-3-6-25-78-59(67)68/h10-13,16-19,37-38,42,65-70H,2-9,14-15,20-32H2,1H3. The van der Waals surface area contributed by atoms with Crippen molar-refractivity contribution in [3.63, 3.8) is 0 Å². The number of aromatic nitrogens is 1. The van der Waals surface area contributed by atoms with Gasteiger partial charge in [-0.2, -0.15) is 0 Å². The SMILES string of the molecule is Cc1c(CN(C(=O)C2=C(c3ccc(CCCOc4c(F)ccc(F)c4Cl)cc3)CC3CN(C(=O)OCCCCON(O)O)CC2N3C(=O)OCCCCON(O)O)C2CC2)ccnc1OCCOC(=O)OCCCCON(O)O. The van der Waals surface area contributed by atoms with Crippen LogP contribution in [-0.4, -0.2) is 182 Å². The summed E-state index contributed by atoms with van der Waals surface area (Å²) in [5, 5.41) is 51.0. The molecule has 1 aromatic heterocycles. The van der Waals surface area contributed by atoms with E-state index in [1.54, 1.807) is 17.9 Å². The van der Waals surface area contributed by atoms with E-state index in [0.717, 1.165) is 17.7 Å². The van der Waals surface area contributed by atoms with Crippen LogP contribution in [0, 0.1) is 18.6 Å². The lowest BCUT2D eigenvalue weighted by Crippen LogP contribution is -2.65. The molecule has 79 heavy (non-hydrogen) atoms. The van der Waals surface area contributed by atoms with E-state index in [1.807, 2.05) is 24.3 Å². The number of halogens is 3. The second-order valence-corrected chi connectivity index (χ2v) is 18.7. The van der Waals surface area contributed by atoms with E-state index < -0.39 is 69.2 Å². The Morgan fingerprint density at radius 1 is 0.671 bits per heavy atom. The Hall–Kier alpha value is -6.12. The number of carbonyl (C=O) groups is 4. The minimum Gasteiger partial charge on any atom is -0.489 e. The molecule has 0 radical (unpaired) electrons. The van der Waals surface area contributed by atoms with Crippen LogP contribution in [0.1, 0.15) is 86.5 Å². The number of aryl methyl sites for hydroxylation is 1. The van der Waals surface area contributed by atoms with Gasteiger partial charge < -0.3 is 38.2 Å². The van der Waals surface area contributed by atoms with Gasteiger partial charge >= 0.3 is 18.3 Å². The van der Waals surface area contributed by atoms with Gasteiger partial charge in [0.2, 0.25) is 5.88 Å². The third-order valence-corrected chi connectivity index (χ3v) is 13.2. The van der Waals surface area contributed by atoms with Gasteiger partial charge in [-0.15, -0.1) is 0 Å². The molecule has 436 valence electrons. The molecule has 2 atom stereocenters. The van der Waals surface area contributed by atoms with Gasteiger partial charge in [-0.1, -0.05) is 35.9 Å². The van der Waals surface area contributed by atoms with Crippen molar-refractivity contribution in [3.05, 3.63) is 93.1 Å². The number of fused-ring (bicyclic) bond motifs is 2. The van der Waals surface area contributed by atoms with E-state index in [0.29, 0.717) is 73.6 Å². The maximum Gasteiger partial charge on any atom is 0.508 e. The molecule has 2 aliphatic heterocycles. The summed E-state index contributed by atoms with van der Waals surface area (Å²) in [6, 6.07) is 9.07. The van der Waals surface area contributed by atoms with Crippen LogP contribution in [0.2, 0.25) is 5.02 Å². The third kappa shape index (κ3) is 19.3. The Morgan fingerprint density at radius 2 is 1.25 bits per heavy atom. The second-order valence-electron chi connectivity index (χ2n) is 18.4. The van der Waals surface area contributed by atoms with E-state index in [4.69, 9.17) is 71.3 Å². The molecule has 1 saturated heterocycles. The Morgan fingerprint density at radius 3 is 1.87 bits per heavy atom. The number of rotatable bonds is 32. The van der Waals surface area contributed by atoms with Crippen molar-refractivity contribution in [2.24, 2.45) is 0 Å². The maximum atomic E-state index is 15.7. The van der Waals surface area contributed by atoms with E-state index in [-0.39, 0.29) is 122 Å². The summed E-state index contributed by atoms with van der Waals surface area (Å²) in [5.41, 5.74) is 3.70. The molecule has 2 unspecified atom stereocenters. The van der Waals surface area contributed by atoms with Crippen molar-refractivity contribution < 1.29 is 102 Å². The Balaban J connectivity index is 1.25. The summed E-state index contributed by atoms with van der Waals surface area (Å²) >= 11 is 5.95. The van der Waals surface area contributed by atoms with Gasteiger partial charge in [-0.25, -0.2) is 28.1 Å². The minimum absolute atomic E-state index is 0.00190. The Labute approximate surface area is 457 Å². The quantitative estimate of drug-likeness (QED) is 0.0118. The topological polar surface area (TPSA) is 305 Å². The van der Waals surface area contributed by atoms with E-state index in [1.165, 1.54) is 16.0 Å². The first-order valence-electron chi connectivity index (χ1n) is 25.6. The highest BCUT2D eigenvalue weighted by Crippen LogP contribution is 2.42. The highest BCUT2D eigenvalue weighted by Gasteiger charge is 2.50. The molecule has 2 bridgehead atoms. The lowest BCUT2D eigenvalue weighted by molar-refractivity contribution is -0.492. The summed E-state index contributed by atoms with van der Waals surface area (Å²) in [6.07, 6.45) is 3.41. The van der Waals surface area contributed by atoms with Gasteiger partial charge in [0.1, 0.15) is 24.1 Å². The van der Waals surface area contributed by atoms with Crippen LogP contribution < -0.4 is 9.47 Å². The lowest BCUT2D eigenvalue weighted by atomic mass is 9.81. The Bertz CT molecular complexity index is 2500. The van der Waals surface area contributed by atoms with Crippen LogP contribution in [0.4, 0.5) is 23.2 Å². The highest BCUT2D eigenvalue weighted by atomic mass is 35.5. The molecule has 3 aromatic rings. The van der Waals surface area contributed by atoms with Crippen molar-refractivity contribution in [1.29, 1.82) is 0 Å². The zero-order valence-corrected chi connectivity index (χ0v) is 44.1. The predicted molar refractivity (Wildman–Crippen MR) is 264 cm³/mol. The summed E-state index contributed by atoms with van der Waals surface area (Å²) in [7, 11) is 0. The highest BCUT2D eigenvalue weighted by molar-refractivity contribution is 6.32. The monoisotopic (exact) mass is 1140 g/mol. The molecule has 26 nitrogen and oxygen atoms in total. The number of ether oxygens (including phenoxy) is 6. The van der Waals surface area contributed by atoms with Crippen LogP contribution in [0.5, 0.6) is 11.6 Å². The average Bonchev–Trinajstić information content (AvgIpc) is 4.29. The molecule has 3 aliphatic rings. The molecular formula is C50H66ClF2N7O19. The van der Waals surface area contributed by atoms with Crippen LogP contribution in [0.15, 0.2) is 54.2 Å². The summed E-state index contributed by atoms with van der Waals surface area (Å²) in [5.74, 6) is -2.16. The van der Waals surface area contributed by atoms with Gasteiger partial charge in [-0.05, 0) is 118 Å². The molecule has 29 heteroatoms. The number of hydrogen-bond donors (Lipinski definition) is 6. The number of nitrogens with zero attached hydrogens (tertiary/aromatic N) is 7. The molecule has 0 spiro atoms.